The summed E-state index contributed by atoms with van der Waals surface area (Å²) in [5.74, 6) is -0.885. The molecular formula is C14H15F4N3. The van der Waals surface area contributed by atoms with Crippen molar-refractivity contribution >= 4 is 0 Å². The van der Waals surface area contributed by atoms with Crippen molar-refractivity contribution in [3.05, 3.63) is 53.1 Å². The number of halogens is 4. The van der Waals surface area contributed by atoms with E-state index in [9.17, 15) is 17.6 Å². The zero-order chi connectivity index (χ0) is 15.5. The number of nitrogens with zero attached hydrogens (tertiary/aromatic N) is 2. The Balaban J connectivity index is 1.89. The SMILES string of the molecule is Cc1cnn(CCNCc2cc(F)cc(C(F)(F)F)c2)c1. The van der Waals surface area contributed by atoms with Crippen molar-refractivity contribution in [2.75, 3.05) is 6.54 Å². The topological polar surface area (TPSA) is 29.9 Å². The van der Waals surface area contributed by atoms with Crippen molar-refractivity contribution < 1.29 is 17.6 Å². The molecule has 114 valence electrons. The minimum absolute atomic E-state index is 0.168. The maximum Gasteiger partial charge on any atom is 0.416 e. The molecule has 2 rings (SSSR count). The number of hydrogen-bond donors (Lipinski definition) is 1. The van der Waals surface area contributed by atoms with Gasteiger partial charge < -0.3 is 5.32 Å². The summed E-state index contributed by atoms with van der Waals surface area (Å²) in [6.07, 6.45) is -0.947. The fraction of sp³-hybridized carbons (Fsp3) is 0.357. The van der Waals surface area contributed by atoms with E-state index in [-0.39, 0.29) is 12.1 Å². The molecule has 21 heavy (non-hydrogen) atoms. The van der Waals surface area contributed by atoms with Crippen LogP contribution in [-0.4, -0.2) is 16.3 Å². The van der Waals surface area contributed by atoms with Gasteiger partial charge in [-0.3, -0.25) is 4.68 Å². The van der Waals surface area contributed by atoms with Crippen LogP contribution >= 0.6 is 0 Å². The molecule has 1 N–H and O–H groups in total. The molecule has 1 aromatic heterocycles. The van der Waals surface area contributed by atoms with Gasteiger partial charge in [-0.05, 0) is 36.2 Å². The average Bonchev–Trinajstić information content (AvgIpc) is 2.79. The third-order valence-electron chi connectivity index (χ3n) is 2.89. The van der Waals surface area contributed by atoms with Crippen molar-refractivity contribution in [1.29, 1.82) is 0 Å². The van der Waals surface area contributed by atoms with E-state index < -0.39 is 17.6 Å². The molecule has 0 saturated heterocycles. The standard InChI is InChI=1S/C14H15F4N3/c1-10-7-20-21(9-10)3-2-19-8-11-4-12(14(16,17)18)6-13(15)5-11/h4-7,9,19H,2-3,8H2,1H3. The summed E-state index contributed by atoms with van der Waals surface area (Å²) in [5.41, 5.74) is 0.330. The fourth-order valence-electron chi connectivity index (χ4n) is 1.93. The Kier molecular flexibility index (Phi) is 4.62. The van der Waals surface area contributed by atoms with Crippen LogP contribution in [0.1, 0.15) is 16.7 Å². The normalized spacial score (nSPS) is 11.9. The van der Waals surface area contributed by atoms with E-state index in [1.54, 1.807) is 10.9 Å². The first-order valence-electron chi connectivity index (χ1n) is 6.41. The summed E-state index contributed by atoms with van der Waals surface area (Å²) in [5, 5.41) is 7.06. The number of rotatable bonds is 5. The molecule has 7 heteroatoms. The average molecular weight is 301 g/mol. The van der Waals surface area contributed by atoms with Gasteiger partial charge in [-0.25, -0.2) is 4.39 Å². The number of nitrogens with one attached hydrogen (secondary N) is 1. The van der Waals surface area contributed by atoms with Crippen LogP contribution in [0.2, 0.25) is 0 Å². The van der Waals surface area contributed by atoms with Gasteiger partial charge in [0.1, 0.15) is 5.82 Å². The van der Waals surface area contributed by atoms with Crippen molar-refractivity contribution in [3.8, 4) is 0 Å². The lowest BCUT2D eigenvalue weighted by molar-refractivity contribution is -0.137. The number of alkyl halides is 3. The molecule has 0 bridgehead atoms. The Morgan fingerprint density at radius 1 is 1.24 bits per heavy atom. The third-order valence-corrected chi connectivity index (χ3v) is 2.89. The van der Waals surface area contributed by atoms with Gasteiger partial charge in [0.2, 0.25) is 0 Å². The summed E-state index contributed by atoms with van der Waals surface area (Å²) in [6, 6.07) is 2.55. The van der Waals surface area contributed by atoms with Gasteiger partial charge in [-0.15, -0.1) is 0 Å². The molecule has 1 heterocycles. The summed E-state index contributed by atoms with van der Waals surface area (Å²) in [7, 11) is 0. The molecule has 1 aromatic carbocycles. The third kappa shape index (κ3) is 4.56. The largest absolute Gasteiger partial charge is 0.416 e. The van der Waals surface area contributed by atoms with Gasteiger partial charge in [0, 0.05) is 19.3 Å². The first-order chi connectivity index (χ1) is 9.84. The molecule has 3 nitrogen and oxygen atoms in total. The van der Waals surface area contributed by atoms with E-state index in [1.807, 2.05) is 13.1 Å². The van der Waals surface area contributed by atoms with Crippen LogP contribution in [0.25, 0.3) is 0 Å². The highest BCUT2D eigenvalue weighted by atomic mass is 19.4. The van der Waals surface area contributed by atoms with E-state index >= 15 is 0 Å². The summed E-state index contributed by atoms with van der Waals surface area (Å²) in [4.78, 5) is 0. The Morgan fingerprint density at radius 3 is 2.62 bits per heavy atom. The maximum absolute atomic E-state index is 13.2. The Morgan fingerprint density at radius 2 is 2.00 bits per heavy atom. The van der Waals surface area contributed by atoms with E-state index in [2.05, 4.69) is 10.4 Å². The molecule has 0 aliphatic rings. The van der Waals surface area contributed by atoms with Crippen molar-refractivity contribution in [1.82, 2.24) is 15.1 Å². The number of hydrogen-bond acceptors (Lipinski definition) is 2. The number of aromatic nitrogens is 2. The van der Waals surface area contributed by atoms with Crippen molar-refractivity contribution in [3.63, 3.8) is 0 Å². The van der Waals surface area contributed by atoms with Gasteiger partial charge in [-0.2, -0.15) is 18.3 Å². The minimum Gasteiger partial charge on any atom is -0.311 e. The zero-order valence-corrected chi connectivity index (χ0v) is 11.4. The lowest BCUT2D eigenvalue weighted by Crippen LogP contribution is -2.20. The Bertz CT molecular complexity index is 605. The first-order valence-corrected chi connectivity index (χ1v) is 6.41. The summed E-state index contributed by atoms with van der Waals surface area (Å²) in [6.45, 7) is 3.21. The highest BCUT2D eigenvalue weighted by Crippen LogP contribution is 2.30. The number of aryl methyl sites for hydroxylation is 1. The van der Waals surface area contributed by atoms with E-state index in [0.29, 0.717) is 19.2 Å². The molecular weight excluding hydrogens is 286 g/mol. The minimum atomic E-state index is -4.54. The highest BCUT2D eigenvalue weighted by molar-refractivity contribution is 5.26. The van der Waals surface area contributed by atoms with E-state index in [1.165, 1.54) is 0 Å². The second kappa shape index (κ2) is 6.26. The fourth-order valence-corrected chi connectivity index (χ4v) is 1.93. The lowest BCUT2D eigenvalue weighted by Gasteiger charge is -2.10. The van der Waals surface area contributed by atoms with Gasteiger partial charge >= 0.3 is 6.18 Å². The zero-order valence-electron chi connectivity index (χ0n) is 11.4. The molecule has 0 unspecified atom stereocenters. The summed E-state index contributed by atoms with van der Waals surface area (Å²) >= 11 is 0. The monoisotopic (exact) mass is 301 g/mol. The van der Waals surface area contributed by atoms with E-state index in [4.69, 9.17) is 0 Å². The maximum atomic E-state index is 13.2. The van der Waals surface area contributed by atoms with Gasteiger partial charge in [0.15, 0.2) is 0 Å². The molecule has 0 radical (unpaired) electrons. The smallest absolute Gasteiger partial charge is 0.311 e. The van der Waals surface area contributed by atoms with Crippen molar-refractivity contribution in [2.24, 2.45) is 0 Å². The molecule has 0 spiro atoms. The van der Waals surface area contributed by atoms with Crippen LogP contribution in [0, 0.1) is 12.7 Å². The van der Waals surface area contributed by atoms with Crippen LogP contribution in [0.3, 0.4) is 0 Å². The summed E-state index contributed by atoms with van der Waals surface area (Å²) < 4.78 is 52.6. The predicted octanol–water partition coefficient (Wildman–Crippen LogP) is 3.14. The Hall–Kier alpha value is -1.89. The van der Waals surface area contributed by atoms with Gasteiger partial charge in [0.05, 0.1) is 18.3 Å². The predicted molar refractivity (Wildman–Crippen MR) is 70.1 cm³/mol. The van der Waals surface area contributed by atoms with Crippen LogP contribution < -0.4 is 5.32 Å². The van der Waals surface area contributed by atoms with Gasteiger partial charge in [-0.1, -0.05) is 0 Å². The molecule has 0 aliphatic carbocycles. The Labute approximate surface area is 119 Å². The molecule has 0 aliphatic heterocycles. The van der Waals surface area contributed by atoms with Gasteiger partial charge in [0.25, 0.3) is 0 Å². The van der Waals surface area contributed by atoms with Crippen LogP contribution in [0.15, 0.2) is 30.6 Å². The molecule has 0 fully saturated rings. The first kappa shape index (κ1) is 15.5. The highest BCUT2D eigenvalue weighted by Gasteiger charge is 2.31. The quantitative estimate of drug-likeness (QED) is 0.679. The van der Waals surface area contributed by atoms with Crippen LogP contribution in [0.5, 0.6) is 0 Å². The molecule has 0 amide bonds. The number of benzene rings is 1. The lowest BCUT2D eigenvalue weighted by atomic mass is 10.1. The molecule has 0 saturated carbocycles. The van der Waals surface area contributed by atoms with E-state index in [0.717, 1.165) is 17.7 Å². The molecule has 2 aromatic rings. The van der Waals surface area contributed by atoms with Crippen molar-refractivity contribution in [2.45, 2.75) is 26.2 Å². The second-order valence-corrected chi connectivity index (χ2v) is 4.80. The van der Waals surface area contributed by atoms with Crippen LogP contribution in [-0.2, 0) is 19.3 Å². The second-order valence-electron chi connectivity index (χ2n) is 4.80. The van der Waals surface area contributed by atoms with Crippen LogP contribution in [0.4, 0.5) is 17.6 Å². The molecule has 0 atom stereocenters.